The molecule has 2 N–H and O–H groups in total. The van der Waals surface area contributed by atoms with Crippen LogP contribution >= 0.6 is 0 Å². The first-order chi connectivity index (χ1) is 13.2. The number of nitrogens with zero attached hydrogens (tertiary/aromatic N) is 3. The van der Waals surface area contributed by atoms with Crippen molar-refractivity contribution < 1.29 is 4.74 Å². The molecule has 144 valence electrons. The topological polar surface area (TPSA) is 63.5 Å². The maximum absolute atomic E-state index is 5.95. The van der Waals surface area contributed by atoms with Crippen LogP contribution < -0.4 is 10.6 Å². The predicted octanol–water partition coefficient (Wildman–Crippen LogP) is 2.89. The average Bonchev–Trinajstić information content (AvgIpc) is 3.17. The Morgan fingerprint density at radius 3 is 2.93 bits per heavy atom. The fourth-order valence-electron chi connectivity index (χ4n) is 4.42. The summed E-state index contributed by atoms with van der Waals surface area (Å²) in [6.07, 6.45) is 9.07. The van der Waals surface area contributed by atoms with Gasteiger partial charge < -0.3 is 15.4 Å². The van der Waals surface area contributed by atoms with Gasteiger partial charge in [-0.15, -0.1) is 0 Å². The number of rotatable bonds is 6. The molecule has 1 aromatic heterocycles. The lowest BCUT2D eigenvalue weighted by molar-refractivity contribution is -0.168. The number of aliphatic imine (C=N–C) groups is 1. The van der Waals surface area contributed by atoms with E-state index in [1.165, 1.54) is 24.8 Å². The molecule has 2 atom stereocenters. The maximum atomic E-state index is 5.95. The van der Waals surface area contributed by atoms with Gasteiger partial charge >= 0.3 is 0 Å². The van der Waals surface area contributed by atoms with E-state index in [1.807, 2.05) is 24.0 Å². The van der Waals surface area contributed by atoms with Gasteiger partial charge in [-0.1, -0.05) is 18.6 Å². The van der Waals surface area contributed by atoms with Crippen molar-refractivity contribution in [1.82, 2.24) is 20.4 Å². The Balaban J connectivity index is 1.35. The molecule has 0 amide bonds. The van der Waals surface area contributed by atoms with Gasteiger partial charge in [0.25, 0.3) is 0 Å². The minimum Gasteiger partial charge on any atom is -0.378 e. The second-order valence-electron chi connectivity index (χ2n) is 7.51. The SMILES string of the molecule is CCOC1CC(NC(=NC)NCc2cccc(-n3cccn3)c2)C12CCC2. The molecule has 1 spiro atoms. The van der Waals surface area contributed by atoms with Gasteiger partial charge in [0, 0.05) is 44.0 Å². The number of hydrogen-bond donors (Lipinski definition) is 2. The number of benzene rings is 1. The number of ether oxygens (including phenoxy) is 1. The Hall–Kier alpha value is -2.34. The zero-order valence-electron chi connectivity index (χ0n) is 16.2. The normalized spacial score (nSPS) is 23.6. The molecule has 2 aromatic rings. The van der Waals surface area contributed by atoms with Gasteiger partial charge in [-0.25, -0.2) is 4.68 Å². The van der Waals surface area contributed by atoms with Crippen molar-refractivity contribution in [2.45, 2.75) is 51.3 Å². The summed E-state index contributed by atoms with van der Waals surface area (Å²) >= 11 is 0. The minimum absolute atomic E-state index is 0.327. The Labute approximate surface area is 161 Å². The monoisotopic (exact) mass is 367 g/mol. The standard InChI is InChI=1S/C21H29N5O/c1-3-27-19-14-18(21(19)9-5-10-21)25-20(22-2)23-15-16-7-4-8-17(13-16)26-12-6-11-24-26/h4,6-8,11-13,18-19H,3,5,9-10,14-15H2,1-2H3,(H2,22,23,25). The summed E-state index contributed by atoms with van der Waals surface area (Å²) in [6, 6.07) is 10.8. The first-order valence-electron chi connectivity index (χ1n) is 9.93. The van der Waals surface area contributed by atoms with Crippen LogP contribution in [0.3, 0.4) is 0 Å². The molecule has 1 heterocycles. The summed E-state index contributed by atoms with van der Waals surface area (Å²) in [5.74, 6) is 0.866. The fraction of sp³-hybridized carbons (Fsp3) is 0.524. The second kappa shape index (κ2) is 7.72. The third-order valence-corrected chi connectivity index (χ3v) is 6.11. The molecule has 2 aliphatic rings. The molecule has 1 aromatic carbocycles. The van der Waals surface area contributed by atoms with E-state index in [4.69, 9.17) is 4.74 Å². The van der Waals surface area contributed by atoms with E-state index < -0.39 is 0 Å². The van der Waals surface area contributed by atoms with Crippen molar-refractivity contribution in [3.63, 3.8) is 0 Å². The predicted molar refractivity (Wildman–Crippen MR) is 107 cm³/mol. The van der Waals surface area contributed by atoms with Gasteiger partial charge in [-0.05, 0) is 49.9 Å². The number of nitrogens with one attached hydrogen (secondary N) is 2. The molecule has 4 rings (SSSR count). The highest BCUT2D eigenvalue weighted by Crippen LogP contribution is 2.57. The molecule has 2 unspecified atom stereocenters. The van der Waals surface area contributed by atoms with Gasteiger partial charge in [0.1, 0.15) is 0 Å². The molecule has 2 aliphatic carbocycles. The zero-order valence-corrected chi connectivity index (χ0v) is 16.2. The molecule has 0 saturated heterocycles. The molecule has 2 saturated carbocycles. The van der Waals surface area contributed by atoms with Crippen LogP contribution in [0.15, 0.2) is 47.7 Å². The van der Waals surface area contributed by atoms with Crippen LogP contribution in [-0.2, 0) is 11.3 Å². The largest absolute Gasteiger partial charge is 0.378 e. The first kappa shape index (κ1) is 18.0. The van der Waals surface area contributed by atoms with Crippen LogP contribution in [0, 0.1) is 5.41 Å². The lowest BCUT2D eigenvalue weighted by atomic mass is 9.51. The number of guanidine groups is 1. The molecule has 0 aliphatic heterocycles. The van der Waals surface area contributed by atoms with Gasteiger partial charge in [0.15, 0.2) is 5.96 Å². The van der Waals surface area contributed by atoms with Gasteiger partial charge in [-0.2, -0.15) is 5.10 Å². The van der Waals surface area contributed by atoms with E-state index in [-0.39, 0.29) is 0 Å². The van der Waals surface area contributed by atoms with Crippen LogP contribution in [0.5, 0.6) is 0 Å². The summed E-state index contributed by atoms with van der Waals surface area (Å²) < 4.78 is 7.82. The zero-order chi connectivity index (χ0) is 18.7. The quantitative estimate of drug-likeness (QED) is 0.609. The average molecular weight is 367 g/mol. The van der Waals surface area contributed by atoms with Crippen molar-refractivity contribution in [1.29, 1.82) is 0 Å². The third kappa shape index (κ3) is 3.46. The molecular formula is C21H29N5O. The summed E-state index contributed by atoms with van der Waals surface area (Å²) in [5, 5.41) is 11.4. The van der Waals surface area contributed by atoms with E-state index in [2.05, 4.69) is 51.9 Å². The Morgan fingerprint density at radius 1 is 1.37 bits per heavy atom. The molecule has 27 heavy (non-hydrogen) atoms. The van der Waals surface area contributed by atoms with Crippen molar-refractivity contribution in [2.75, 3.05) is 13.7 Å². The Morgan fingerprint density at radius 2 is 2.26 bits per heavy atom. The van der Waals surface area contributed by atoms with Crippen LogP contribution in [-0.4, -0.2) is 41.5 Å². The van der Waals surface area contributed by atoms with Crippen molar-refractivity contribution in [3.8, 4) is 5.69 Å². The lowest BCUT2D eigenvalue weighted by Crippen LogP contribution is -2.68. The number of hydrogen-bond acceptors (Lipinski definition) is 3. The van der Waals surface area contributed by atoms with E-state index in [9.17, 15) is 0 Å². The number of aromatic nitrogens is 2. The van der Waals surface area contributed by atoms with Crippen LogP contribution in [0.4, 0.5) is 0 Å². The Bertz CT molecular complexity index is 782. The molecule has 0 bridgehead atoms. The fourth-order valence-corrected chi connectivity index (χ4v) is 4.42. The maximum Gasteiger partial charge on any atom is 0.191 e. The smallest absolute Gasteiger partial charge is 0.191 e. The molecule has 6 heteroatoms. The summed E-state index contributed by atoms with van der Waals surface area (Å²) in [5.41, 5.74) is 2.59. The van der Waals surface area contributed by atoms with Crippen molar-refractivity contribution >= 4 is 5.96 Å². The van der Waals surface area contributed by atoms with E-state index in [1.54, 1.807) is 6.20 Å². The van der Waals surface area contributed by atoms with Crippen molar-refractivity contribution in [3.05, 3.63) is 48.3 Å². The highest BCUT2D eigenvalue weighted by molar-refractivity contribution is 5.80. The van der Waals surface area contributed by atoms with E-state index >= 15 is 0 Å². The molecule has 6 nitrogen and oxygen atoms in total. The van der Waals surface area contributed by atoms with Crippen LogP contribution in [0.25, 0.3) is 5.69 Å². The lowest BCUT2D eigenvalue weighted by Gasteiger charge is -2.61. The summed E-state index contributed by atoms with van der Waals surface area (Å²) in [4.78, 5) is 4.43. The minimum atomic E-state index is 0.327. The molecular weight excluding hydrogens is 338 g/mol. The van der Waals surface area contributed by atoms with E-state index in [0.717, 1.165) is 31.2 Å². The van der Waals surface area contributed by atoms with Gasteiger partial charge in [0.2, 0.25) is 0 Å². The van der Waals surface area contributed by atoms with Crippen LogP contribution in [0.2, 0.25) is 0 Å². The summed E-state index contributed by atoms with van der Waals surface area (Å²) in [6.45, 7) is 3.62. The highest BCUT2D eigenvalue weighted by Gasteiger charge is 2.59. The molecule has 2 fully saturated rings. The van der Waals surface area contributed by atoms with Gasteiger partial charge in [0.05, 0.1) is 11.8 Å². The second-order valence-corrected chi connectivity index (χ2v) is 7.51. The van der Waals surface area contributed by atoms with Gasteiger partial charge in [-0.3, -0.25) is 4.99 Å². The Kier molecular flexibility index (Phi) is 5.16. The highest BCUT2D eigenvalue weighted by atomic mass is 16.5. The van der Waals surface area contributed by atoms with Crippen LogP contribution in [0.1, 0.15) is 38.2 Å². The molecule has 0 radical (unpaired) electrons. The van der Waals surface area contributed by atoms with E-state index in [0.29, 0.717) is 17.6 Å². The van der Waals surface area contributed by atoms with Crippen molar-refractivity contribution in [2.24, 2.45) is 10.4 Å². The first-order valence-corrected chi connectivity index (χ1v) is 9.93. The summed E-state index contributed by atoms with van der Waals surface area (Å²) in [7, 11) is 1.83. The third-order valence-electron chi connectivity index (χ3n) is 6.11.